The van der Waals surface area contributed by atoms with Gasteiger partial charge >= 0.3 is 0 Å². The molecule has 0 saturated heterocycles. The van der Waals surface area contributed by atoms with Crippen molar-refractivity contribution >= 4 is 6.47 Å². The molecule has 2 heteroatoms. The Morgan fingerprint density at radius 3 is 2.70 bits per heavy atom. The van der Waals surface area contributed by atoms with E-state index in [9.17, 15) is 4.79 Å². The topological polar surface area (TPSA) is 26.3 Å². The lowest BCUT2D eigenvalue weighted by Gasteiger charge is -1.80. The van der Waals surface area contributed by atoms with Gasteiger partial charge in [0.05, 0.1) is 0 Å². The van der Waals surface area contributed by atoms with Crippen molar-refractivity contribution in [3.05, 3.63) is 0 Å². The van der Waals surface area contributed by atoms with Gasteiger partial charge in [0.1, 0.15) is 0 Å². The summed E-state index contributed by atoms with van der Waals surface area (Å²) < 4.78 is 4.29. The van der Waals surface area contributed by atoms with Crippen LogP contribution >= 0.6 is 0 Å². The molecule has 0 aliphatic heterocycles. The quantitative estimate of drug-likeness (QED) is 0.315. The standard InChI is InChI=1S/C8H8O2/c1-2-3-4-5-6-7-10-8-9/h8H,2,7H2,1H3. The molecule has 0 amide bonds. The molecule has 0 heterocycles. The first-order valence-electron chi connectivity index (χ1n) is 2.92. The van der Waals surface area contributed by atoms with Crippen LogP contribution in [0.4, 0.5) is 0 Å². The Morgan fingerprint density at radius 2 is 2.10 bits per heavy atom. The molecule has 0 atom stereocenters. The molecule has 0 aromatic carbocycles. The SMILES string of the molecule is CCC#CC#CCOC=O. The van der Waals surface area contributed by atoms with E-state index in [4.69, 9.17) is 0 Å². The minimum absolute atomic E-state index is 0.127. The summed E-state index contributed by atoms with van der Waals surface area (Å²) in [7, 11) is 0. The van der Waals surface area contributed by atoms with Crippen molar-refractivity contribution in [3.8, 4) is 23.7 Å². The lowest BCUT2D eigenvalue weighted by Crippen LogP contribution is -1.85. The van der Waals surface area contributed by atoms with Gasteiger partial charge in [0.15, 0.2) is 6.61 Å². The van der Waals surface area contributed by atoms with Crippen molar-refractivity contribution in [2.75, 3.05) is 6.61 Å². The van der Waals surface area contributed by atoms with Gasteiger partial charge in [0.2, 0.25) is 0 Å². The van der Waals surface area contributed by atoms with Crippen LogP contribution in [-0.4, -0.2) is 13.1 Å². The first-order chi connectivity index (χ1) is 4.91. The number of rotatable bonds is 2. The average Bonchev–Trinajstić information content (AvgIpc) is 1.97. The Balaban J connectivity index is 3.39. The first kappa shape index (κ1) is 8.59. The summed E-state index contributed by atoms with van der Waals surface area (Å²) >= 11 is 0. The van der Waals surface area contributed by atoms with E-state index in [0.29, 0.717) is 6.47 Å². The van der Waals surface area contributed by atoms with Gasteiger partial charge in [-0.25, -0.2) is 0 Å². The summed E-state index contributed by atoms with van der Waals surface area (Å²) in [5.41, 5.74) is 0. The summed E-state index contributed by atoms with van der Waals surface area (Å²) in [5, 5.41) is 0. The zero-order chi connectivity index (χ0) is 7.66. The molecule has 0 aliphatic rings. The normalized spacial score (nSPS) is 6.10. The molecular formula is C8H8O2. The second-order valence-electron chi connectivity index (χ2n) is 1.36. The Kier molecular flexibility index (Phi) is 6.52. The largest absolute Gasteiger partial charge is 0.455 e. The Bertz CT molecular complexity index is 197. The van der Waals surface area contributed by atoms with Crippen LogP contribution in [-0.2, 0) is 9.53 Å². The van der Waals surface area contributed by atoms with E-state index in [1.54, 1.807) is 0 Å². The minimum Gasteiger partial charge on any atom is -0.455 e. The molecule has 0 aromatic rings. The van der Waals surface area contributed by atoms with Gasteiger partial charge < -0.3 is 4.74 Å². The zero-order valence-electron chi connectivity index (χ0n) is 5.81. The van der Waals surface area contributed by atoms with Crippen molar-refractivity contribution in [2.45, 2.75) is 13.3 Å². The first-order valence-corrected chi connectivity index (χ1v) is 2.92. The van der Waals surface area contributed by atoms with Gasteiger partial charge in [0.25, 0.3) is 6.47 Å². The zero-order valence-corrected chi connectivity index (χ0v) is 5.81. The molecule has 0 N–H and O–H groups in total. The fourth-order valence-corrected chi connectivity index (χ4v) is 0.289. The molecule has 0 fully saturated rings. The third-order valence-corrected chi connectivity index (χ3v) is 0.640. The van der Waals surface area contributed by atoms with E-state index in [0.717, 1.165) is 6.42 Å². The average molecular weight is 136 g/mol. The molecule has 0 radical (unpaired) electrons. The molecular weight excluding hydrogens is 128 g/mol. The van der Waals surface area contributed by atoms with E-state index in [1.807, 2.05) is 6.92 Å². The minimum atomic E-state index is 0.127. The van der Waals surface area contributed by atoms with Crippen LogP contribution in [0.25, 0.3) is 0 Å². The van der Waals surface area contributed by atoms with E-state index >= 15 is 0 Å². The van der Waals surface area contributed by atoms with Crippen molar-refractivity contribution in [1.82, 2.24) is 0 Å². The van der Waals surface area contributed by atoms with Gasteiger partial charge in [-0.2, -0.15) is 0 Å². The predicted molar refractivity (Wildman–Crippen MR) is 37.9 cm³/mol. The summed E-state index contributed by atoms with van der Waals surface area (Å²) in [6.07, 6.45) is 0.795. The van der Waals surface area contributed by atoms with Crippen molar-refractivity contribution in [1.29, 1.82) is 0 Å². The molecule has 0 spiro atoms. The van der Waals surface area contributed by atoms with Crippen LogP contribution in [0.3, 0.4) is 0 Å². The predicted octanol–water partition coefficient (Wildman–Crippen LogP) is 0.576. The number of hydrogen-bond acceptors (Lipinski definition) is 2. The van der Waals surface area contributed by atoms with Crippen LogP contribution in [0, 0.1) is 23.7 Å². The third-order valence-electron chi connectivity index (χ3n) is 0.640. The van der Waals surface area contributed by atoms with E-state index in [-0.39, 0.29) is 6.61 Å². The molecule has 0 aliphatic carbocycles. The van der Waals surface area contributed by atoms with Gasteiger partial charge in [-0.3, -0.25) is 4.79 Å². The van der Waals surface area contributed by atoms with Gasteiger partial charge in [-0.05, 0) is 17.8 Å². The van der Waals surface area contributed by atoms with Crippen LogP contribution < -0.4 is 0 Å². The lowest BCUT2D eigenvalue weighted by atomic mass is 10.4. The Morgan fingerprint density at radius 1 is 1.40 bits per heavy atom. The van der Waals surface area contributed by atoms with Gasteiger partial charge in [-0.15, -0.1) is 0 Å². The van der Waals surface area contributed by atoms with E-state index in [2.05, 4.69) is 28.4 Å². The van der Waals surface area contributed by atoms with Crippen LogP contribution in [0.5, 0.6) is 0 Å². The summed E-state index contributed by atoms with van der Waals surface area (Å²) in [6.45, 7) is 2.43. The number of ether oxygens (including phenoxy) is 1. The second-order valence-corrected chi connectivity index (χ2v) is 1.36. The maximum Gasteiger partial charge on any atom is 0.294 e. The Labute approximate surface area is 60.6 Å². The van der Waals surface area contributed by atoms with Gasteiger partial charge in [-0.1, -0.05) is 12.8 Å². The van der Waals surface area contributed by atoms with Crippen LogP contribution in [0.15, 0.2) is 0 Å². The molecule has 0 saturated carbocycles. The monoisotopic (exact) mass is 136 g/mol. The third kappa shape index (κ3) is 6.59. The Hall–Kier alpha value is -1.41. The number of carbonyl (C=O) groups is 1. The fourth-order valence-electron chi connectivity index (χ4n) is 0.289. The second kappa shape index (κ2) is 7.59. The highest BCUT2D eigenvalue weighted by Gasteiger charge is 1.69. The highest BCUT2D eigenvalue weighted by molar-refractivity contribution is 5.38. The fraction of sp³-hybridized carbons (Fsp3) is 0.375. The summed E-state index contributed by atoms with van der Waals surface area (Å²) in [4.78, 5) is 9.57. The molecule has 2 nitrogen and oxygen atoms in total. The molecule has 0 aromatic heterocycles. The maximum atomic E-state index is 9.57. The smallest absolute Gasteiger partial charge is 0.294 e. The molecule has 52 valence electrons. The summed E-state index contributed by atoms with van der Waals surface area (Å²) in [6, 6.07) is 0. The molecule has 0 bridgehead atoms. The van der Waals surface area contributed by atoms with Crippen LogP contribution in [0.1, 0.15) is 13.3 Å². The van der Waals surface area contributed by atoms with E-state index in [1.165, 1.54) is 0 Å². The number of hydrogen-bond donors (Lipinski definition) is 0. The molecule has 0 unspecified atom stereocenters. The highest BCUT2D eigenvalue weighted by Crippen LogP contribution is 1.65. The number of carbonyl (C=O) groups excluding carboxylic acids is 1. The lowest BCUT2D eigenvalue weighted by molar-refractivity contribution is -0.127. The molecule has 10 heavy (non-hydrogen) atoms. The van der Waals surface area contributed by atoms with Gasteiger partial charge in [0, 0.05) is 6.42 Å². The van der Waals surface area contributed by atoms with Crippen LogP contribution in [0.2, 0.25) is 0 Å². The highest BCUT2D eigenvalue weighted by atomic mass is 16.5. The maximum absolute atomic E-state index is 9.57. The van der Waals surface area contributed by atoms with Crippen molar-refractivity contribution < 1.29 is 9.53 Å². The molecule has 0 rings (SSSR count). The van der Waals surface area contributed by atoms with Crippen molar-refractivity contribution in [2.24, 2.45) is 0 Å². The summed E-state index contributed by atoms with van der Waals surface area (Å²) in [5.74, 6) is 10.4. The van der Waals surface area contributed by atoms with Crippen molar-refractivity contribution in [3.63, 3.8) is 0 Å². The van der Waals surface area contributed by atoms with E-state index < -0.39 is 0 Å².